The number of hydrogen-bond acceptors (Lipinski definition) is 5. The molecule has 0 aliphatic heterocycles. The van der Waals surface area contributed by atoms with Gasteiger partial charge in [-0.25, -0.2) is 4.79 Å². The highest BCUT2D eigenvalue weighted by atomic mass is 16.6. The van der Waals surface area contributed by atoms with Crippen LogP contribution in [0.25, 0.3) is 0 Å². The van der Waals surface area contributed by atoms with Gasteiger partial charge in [-0.1, -0.05) is 71.3 Å². The fourth-order valence-corrected chi connectivity index (χ4v) is 2.83. The lowest BCUT2D eigenvalue weighted by atomic mass is 10.1. The van der Waals surface area contributed by atoms with Crippen LogP contribution in [-0.4, -0.2) is 25.7 Å². The van der Waals surface area contributed by atoms with Gasteiger partial charge >= 0.3 is 5.97 Å². The van der Waals surface area contributed by atoms with E-state index in [9.17, 15) is 4.79 Å². The molecule has 0 aromatic heterocycles. The molecule has 0 amide bonds. The highest BCUT2D eigenvalue weighted by Crippen LogP contribution is 2.18. The summed E-state index contributed by atoms with van der Waals surface area (Å²) < 4.78 is 10.5. The van der Waals surface area contributed by atoms with Crippen molar-refractivity contribution in [3.63, 3.8) is 0 Å². The van der Waals surface area contributed by atoms with Gasteiger partial charge in [0.15, 0.2) is 0 Å². The number of carbonyl (C=O) groups excluding carboxylic acids is 1. The zero-order chi connectivity index (χ0) is 21.2. The largest absolute Gasteiger partial charge is 0.490 e. The molecule has 5 nitrogen and oxygen atoms in total. The lowest BCUT2D eigenvalue weighted by Gasteiger charge is -2.07. The first-order chi connectivity index (χ1) is 14.1. The maximum absolute atomic E-state index is 11.3. The summed E-state index contributed by atoms with van der Waals surface area (Å²) in [6.07, 6.45) is 13.2. The van der Waals surface area contributed by atoms with Gasteiger partial charge in [0.1, 0.15) is 19.0 Å². The number of unbranched alkanes of at least 4 members (excludes halogenated alkanes) is 9. The maximum Gasteiger partial charge on any atom is 0.333 e. The fraction of sp³-hybridized carbons (Fsp3) is 0.625. The summed E-state index contributed by atoms with van der Waals surface area (Å²) in [5.41, 5.74) is 1.20. The minimum Gasteiger partial charge on any atom is -0.490 e. The van der Waals surface area contributed by atoms with Crippen LogP contribution in [0, 0.1) is 0 Å². The third kappa shape index (κ3) is 13.6. The minimum absolute atomic E-state index is 0.200. The van der Waals surface area contributed by atoms with Crippen molar-refractivity contribution in [2.45, 2.75) is 78.1 Å². The van der Waals surface area contributed by atoms with Crippen molar-refractivity contribution in [1.82, 2.24) is 0 Å². The van der Waals surface area contributed by atoms with E-state index in [1.807, 2.05) is 24.3 Å². The molecule has 0 unspecified atom stereocenters. The molecule has 0 atom stereocenters. The molecule has 29 heavy (non-hydrogen) atoms. The van der Waals surface area contributed by atoms with E-state index in [0.29, 0.717) is 17.9 Å². The van der Waals surface area contributed by atoms with Crippen LogP contribution in [0.4, 0.5) is 5.69 Å². The summed E-state index contributed by atoms with van der Waals surface area (Å²) in [5, 5.41) is 8.52. The maximum atomic E-state index is 11.3. The predicted octanol–water partition coefficient (Wildman–Crippen LogP) is 7.19. The average Bonchev–Trinajstić information content (AvgIpc) is 2.72. The van der Waals surface area contributed by atoms with E-state index in [1.54, 1.807) is 6.92 Å². The molecule has 1 rings (SSSR count). The molecule has 0 fully saturated rings. The number of rotatable bonds is 17. The van der Waals surface area contributed by atoms with Gasteiger partial charge < -0.3 is 9.47 Å². The molecule has 0 saturated carbocycles. The van der Waals surface area contributed by atoms with Crippen molar-refractivity contribution in [2.75, 3.05) is 19.8 Å². The van der Waals surface area contributed by atoms with Gasteiger partial charge in [0, 0.05) is 5.57 Å². The third-order valence-corrected chi connectivity index (χ3v) is 4.57. The monoisotopic (exact) mass is 402 g/mol. The molecule has 5 heteroatoms. The molecule has 0 bridgehead atoms. The third-order valence-electron chi connectivity index (χ3n) is 4.57. The van der Waals surface area contributed by atoms with Crippen molar-refractivity contribution in [3.8, 4) is 5.75 Å². The lowest BCUT2D eigenvalue weighted by molar-refractivity contribution is -0.139. The Kier molecular flexibility index (Phi) is 14.4. The summed E-state index contributed by atoms with van der Waals surface area (Å²) in [6.45, 7) is 8.69. The molecular weight excluding hydrogens is 364 g/mol. The Labute approximate surface area is 176 Å². The molecule has 1 aromatic carbocycles. The molecule has 0 aliphatic rings. The molecule has 0 aliphatic carbocycles. The van der Waals surface area contributed by atoms with E-state index in [0.717, 1.165) is 18.7 Å². The first kappa shape index (κ1) is 24.9. The zero-order valence-electron chi connectivity index (χ0n) is 18.3. The van der Waals surface area contributed by atoms with Crippen LogP contribution in [-0.2, 0) is 9.53 Å². The smallest absolute Gasteiger partial charge is 0.333 e. The quantitative estimate of drug-likeness (QED) is 0.120. The summed E-state index contributed by atoms with van der Waals surface area (Å²) in [4.78, 5) is 11.3. The highest BCUT2D eigenvalue weighted by molar-refractivity contribution is 5.86. The molecule has 1 aromatic rings. The molecule has 0 heterocycles. The second-order valence-electron chi connectivity index (χ2n) is 7.41. The van der Waals surface area contributed by atoms with Crippen LogP contribution in [0.3, 0.4) is 0 Å². The molecule has 0 saturated heterocycles. The fourth-order valence-electron chi connectivity index (χ4n) is 2.83. The van der Waals surface area contributed by atoms with Crippen LogP contribution in [0.15, 0.2) is 46.6 Å². The Morgan fingerprint density at radius 2 is 1.48 bits per heavy atom. The molecule has 0 N–H and O–H groups in total. The van der Waals surface area contributed by atoms with Crippen LogP contribution in [0.5, 0.6) is 5.75 Å². The Morgan fingerprint density at radius 1 is 0.897 bits per heavy atom. The van der Waals surface area contributed by atoms with Crippen LogP contribution >= 0.6 is 0 Å². The molecule has 162 valence electrons. The standard InChI is InChI=1S/C24H38N2O3/c1-4-5-6-7-8-9-10-11-12-13-18-25-26-22-14-16-23(17-15-22)28-19-20-29-24(27)21(2)3/h14-17H,2,4-13,18-20H2,1,3H3. The minimum atomic E-state index is -0.397. The number of carbonyl (C=O) groups is 1. The SMILES string of the molecule is C=C(C)C(=O)OCCOc1ccc(N=NCCCCCCCCCCCC)cc1. The number of nitrogens with zero attached hydrogens (tertiary/aromatic N) is 2. The number of hydrogen-bond donors (Lipinski definition) is 0. The Balaban J connectivity index is 2.04. The first-order valence-electron chi connectivity index (χ1n) is 11.1. The van der Waals surface area contributed by atoms with E-state index >= 15 is 0 Å². The van der Waals surface area contributed by atoms with Crippen LogP contribution in [0.1, 0.15) is 78.1 Å². The summed E-state index contributed by atoms with van der Waals surface area (Å²) in [7, 11) is 0. The Hall–Kier alpha value is -2.17. The normalized spacial score (nSPS) is 11.0. The second-order valence-corrected chi connectivity index (χ2v) is 7.41. The Morgan fingerprint density at radius 3 is 2.07 bits per heavy atom. The van der Waals surface area contributed by atoms with Crippen molar-refractivity contribution in [1.29, 1.82) is 0 Å². The summed E-state index contributed by atoms with van der Waals surface area (Å²) in [5.74, 6) is 0.316. The van der Waals surface area contributed by atoms with Gasteiger partial charge in [0.25, 0.3) is 0 Å². The van der Waals surface area contributed by atoms with E-state index in [-0.39, 0.29) is 6.61 Å². The van der Waals surface area contributed by atoms with E-state index in [1.165, 1.54) is 57.8 Å². The summed E-state index contributed by atoms with van der Waals surface area (Å²) >= 11 is 0. The van der Waals surface area contributed by atoms with Crippen molar-refractivity contribution < 1.29 is 14.3 Å². The van der Waals surface area contributed by atoms with Gasteiger partial charge in [-0.3, -0.25) is 0 Å². The number of ether oxygens (including phenoxy) is 2. The van der Waals surface area contributed by atoms with Crippen molar-refractivity contribution in [3.05, 3.63) is 36.4 Å². The average molecular weight is 403 g/mol. The zero-order valence-corrected chi connectivity index (χ0v) is 18.3. The Bertz CT molecular complexity index is 597. The highest BCUT2D eigenvalue weighted by Gasteiger charge is 2.02. The van der Waals surface area contributed by atoms with Gasteiger partial charge in [-0.05, 0) is 37.6 Å². The number of esters is 1. The first-order valence-corrected chi connectivity index (χ1v) is 11.1. The van der Waals surface area contributed by atoms with Gasteiger partial charge in [-0.15, -0.1) is 0 Å². The number of benzene rings is 1. The predicted molar refractivity (Wildman–Crippen MR) is 119 cm³/mol. The summed E-state index contributed by atoms with van der Waals surface area (Å²) in [6, 6.07) is 7.43. The molecule has 0 radical (unpaired) electrons. The molecular formula is C24H38N2O3. The van der Waals surface area contributed by atoms with Gasteiger partial charge in [0.05, 0.1) is 12.2 Å². The van der Waals surface area contributed by atoms with Crippen molar-refractivity contribution in [2.24, 2.45) is 10.2 Å². The van der Waals surface area contributed by atoms with Crippen LogP contribution in [0.2, 0.25) is 0 Å². The van der Waals surface area contributed by atoms with E-state index in [2.05, 4.69) is 23.7 Å². The van der Waals surface area contributed by atoms with E-state index < -0.39 is 5.97 Å². The lowest BCUT2D eigenvalue weighted by Crippen LogP contribution is -2.12. The number of azo groups is 1. The van der Waals surface area contributed by atoms with E-state index in [4.69, 9.17) is 9.47 Å². The topological polar surface area (TPSA) is 60.2 Å². The second kappa shape index (κ2) is 16.8. The van der Waals surface area contributed by atoms with Crippen molar-refractivity contribution >= 4 is 11.7 Å². The molecule has 0 spiro atoms. The van der Waals surface area contributed by atoms with Crippen LogP contribution < -0.4 is 4.74 Å². The van der Waals surface area contributed by atoms with Gasteiger partial charge in [-0.2, -0.15) is 10.2 Å². The van der Waals surface area contributed by atoms with Gasteiger partial charge in [0.2, 0.25) is 0 Å².